The molecule has 0 aliphatic heterocycles. The van der Waals surface area contributed by atoms with Crippen molar-refractivity contribution in [2.24, 2.45) is 0 Å². The lowest BCUT2D eigenvalue weighted by Crippen LogP contribution is -2.30. The molecule has 146 valence electrons. The van der Waals surface area contributed by atoms with Crippen LogP contribution in [0, 0.1) is 6.92 Å². The third-order valence-corrected chi connectivity index (χ3v) is 4.67. The standard InChI is InChI=1S/C22H24N2O4/c1-15-18(10-9-17-8-5-12-23-20(15)17)21(26)19(25)11-13-24-22(27)28-14-16-6-3-2-4-7-16/h2-10,12,19,21,25-26H,11,13-14H2,1H3,(H,24,27). The fourth-order valence-corrected chi connectivity index (χ4v) is 3.09. The number of fused-ring (bicyclic) bond motifs is 1. The van der Waals surface area contributed by atoms with E-state index in [9.17, 15) is 15.0 Å². The third-order valence-electron chi connectivity index (χ3n) is 4.67. The van der Waals surface area contributed by atoms with E-state index in [0.717, 1.165) is 22.0 Å². The first-order valence-electron chi connectivity index (χ1n) is 9.21. The fourth-order valence-electron chi connectivity index (χ4n) is 3.09. The topological polar surface area (TPSA) is 91.7 Å². The molecule has 0 saturated carbocycles. The van der Waals surface area contributed by atoms with Gasteiger partial charge in [-0.1, -0.05) is 48.5 Å². The molecule has 0 aliphatic carbocycles. The maximum Gasteiger partial charge on any atom is 0.407 e. The minimum atomic E-state index is -1.06. The summed E-state index contributed by atoms with van der Waals surface area (Å²) in [7, 11) is 0. The molecule has 6 heteroatoms. The molecule has 0 saturated heterocycles. The number of hydrogen-bond acceptors (Lipinski definition) is 5. The zero-order valence-corrected chi connectivity index (χ0v) is 15.7. The maximum atomic E-state index is 11.8. The molecule has 1 amide bonds. The van der Waals surface area contributed by atoms with E-state index in [4.69, 9.17) is 4.74 Å². The molecule has 1 heterocycles. The number of aliphatic hydroxyl groups excluding tert-OH is 2. The van der Waals surface area contributed by atoms with E-state index in [0.29, 0.717) is 5.56 Å². The van der Waals surface area contributed by atoms with Crippen molar-refractivity contribution in [2.75, 3.05) is 6.54 Å². The summed E-state index contributed by atoms with van der Waals surface area (Å²) in [5.74, 6) is 0. The van der Waals surface area contributed by atoms with Crippen LogP contribution in [0.15, 0.2) is 60.8 Å². The van der Waals surface area contributed by atoms with E-state index in [1.165, 1.54) is 0 Å². The molecule has 3 N–H and O–H groups in total. The number of ether oxygens (including phenoxy) is 1. The van der Waals surface area contributed by atoms with Crippen LogP contribution in [0.1, 0.15) is 29.2 Å². The second-order valence-electron chi connectivity index (χ2n) is 6.64. The first kappa shape index (κ1) is 19.8. The number of alkyl carbamates (subject to hydrolysis) is 1. The maximum absolute atomic E-state index is 11.8. The van der Waals surface area contributed by atoms with Gasteiger partial charge >= 0.3 is 6.09 Å². The molecule has 2 unspecified atom stereocenters. The minimum absolute atomic E-state index is 0.182. The number of carbonyl (C=O) groups is 1. The van der Waals surface area contributed by atoms with Crippen molar-refractivity contribution in [3.8, 4) is 0 Å². The average Bonchev–Trinajstić information content (AvgIpc) is 2.73. The van der Waals surface area contributed by atoms with E-state index in [-0.39, 0.29) is 19.6 Å². The summed E-state index contributed by atoms with van der Waals surface area (Å²) in [5.41, 5.74) is 3.16. The number of aryl methyl sites for hydroxylation is 1. The van der Waals surface area contributed by atoms with Crippen LogP contribution < -0.4 is 5.32 Å². The van der Waals surface area contributed by atoms with E-state index in [1.807, 2.05) is 55.5 Å². The Hall–Kier alpha value is -2.96. The van der Waals surface area contributed by atoms with Crippen molar-refractivity contribution in [1.82, 2.24) is 10.3 Å². The Balaban J connectivity index is 1.50. The van der Waals surface area contributed by atoms with Crippen LogP contribution in [0.4, 0.5) is 4.79 Å². The summed E-state index contributed by atoms with van der Waals surface area (Å²) >= 11 is 0. The second-order valence-corrected chi connectivity index (χ2v) is 6.64. The van der Waals surface area contributed by atoms with Crippen LogP contribution in [0.25, 0.3) is 10.9 Å². The largest absolute Gasteiger partial charge is 0.445 e. The molecule has 1 aromatic heterocycles. The van der Waals surface area contributed by atoms with Crippen LogP contribution in [0.3, 0.4) is 0 Å². The number of nitrogens with zero attached hydrogens (tertiary/aromatic N) is 1. The highest BCUT2D eigenvalue weighted by atomic mass is 16.5. The van der Waals surface area contributed by atoms with Gasteiger partial charge in [0, 0.05) is 18.1 Å². The Morgan fingerprint density at radius 1 is 1.11 bits per heavy atom. The van der Waals surface area contributed by atoms with Crippen molar-refractivity contribution in [1.29, 1.82) is 0 Å². The number of aliphatic hydroxyl groups is 2. The second kappa shape index (κ2) is 9.30. The van der Waals surface area contributed by atoms with Crippen LogP contribution in [0.2, 0.25) is 0 Å². The highest BCUT2D eigenvalue weighted by Gasteiger charge is 2.21. The Labute approximate surface area is 163 Å². The lowest BCUT2D eigenvalue weighted by molar-refractivity contribution is 0.0133. The van der Waals surface area contributed by atoms with Crippen LogP contribution in [-0.2, 0) is 11.3 Å². The number of rotatable bonds is 7. The van der Waals surface area contributed by atoms with E-state index < -0.39 is 18.3 Å². The van der Waals surface area contributed by atoms with Crippen molar-refractivity contribution >= 4 is 17.0 Å². The van der Waals surface area contributed by atoms with Gasteiger partial charge in [0.1, 0.15) is 12.7 Å². The monoisotopic (exact) mass is 380 g/mol. The molecule has 6 nitrogen and oxygen atoms in total. The van der Waals surface area contributed by atoms with Crippen LogP contribution in [0.5, 0.6) is 0 Å². The van der Waals surface area contributed by atoms with Gasteiger partial charge in [-0.2, -0.15) is 0 Å². The SMILES string of the molecule is Cc1c(C(O)C(O)CCNC(=O)OCc2ccccc2)ccc2cccnc12. The molecule has 3 aromatic rings. The average molecular weight is 380 g/mol. The fraction of sp³-hybridized carbons (Fsp3) is 0.273. The highest BCUT2D eigenvalue weighted by Crippen LogP contribution is 2.27. The van der Waals surface area contributed by atoms with Gasteiger partial charge in [-0.3, -0.25) is 4.98 Å². The van der Waals surface area contributed by atoms with Gasteiger partial charge in [0.15, 0.2) is 0 Å². The lowest BCUT2D eigenvalue weighted by atomic mass is 9.95. The Morgan fingerprint density at radius 2 is 1.89 bits per heavy atom. The van der Waals surface area contributed by atoms with Crippen molar-refractivity contribution in [3.05, 3.63) is 77.5 Å². The molecule has 0 bridgehead atoms. The lowest BCUT2D eigenvalue weighted by Gasteiger charge is -2.20. The minimum Gasteiger partial charge on any atom is -0.445 e. The summed E-state index contributed by atoms with van der Waals surface area (Å²) in [4.78, 5) is 16.1. The van der Waals surface area contributed by atoms with Gasteiger partial charge in [-0.25, -0.2) is 4.79 Å². The van der Waals surface area contributed by atoms with Crippen molar-refractivity contribution < 1.29 is 19.7 Å². The molecular weight excluding hydrogens is 356 g/mol. The van der Waals surface area contributed by atoms with Crippen molar-refractivity contribution in [3.63, 3.8) is 0 Å². The van der Waals surface area contributed by atoms with Gasteiger partial charge in [0.05, 0.1) is 11.6 Å². The first-order valence-corrected chi connectivity index (χ1v) is 9.21. The van der Waals surface area contributed by atoms with E-state index >= 15 is 0 Å². The number of amides is 1. The predicted molar refractivity (Wildman–Crippen MR) is 107 cm³/mol. The summed E-state index contributed by atoms with van der Waals surface area (Å²) in [6, 6.07) is 16.9. The van der Waals surface area contributed by atoms with E-state index in [1.54, 1.807) is 12.3 Å². The predicted octanol–water partition coefficient (Wildman–Crippen LogP) is 3.25. The summed E-state index contributed by atoms with van der Waals surface area (Å²) in [5, 5.41) is 24.4. The molecule has 2 aromatic carbocycles. The number of aromatic nitrogens is 1. The quantitative estimate of drug-likeness (QED) is 0.585. The molecule has 3 rings (SSSR count). The molecule has 0 radical (unpaired) electrons. The number of nitrogens with one attached hydrogen (secondary N) is 1. The first-order chi connectivity index (χ1) is 13.6. The summed E-state index contributed by atoms with van der Waals surface area (Å²) < 4.78 is 5.12. The third kappa shape index (κ3) is 4.85. The van der Waals surface area contributed by atoms with Gasteiger partial charge in [0.2, 0.25) is 0 Å². The normalized spacial score (nSPS) is 13.1. The molecule has 0 spiro atoms. The Morgan fingerprint density at radius 3 is 2.68 bits per heavy atom. The molecule has 0 aliphatic rings. The number of pyridine rings is 1. The Kier molecular flexibility index (Phi) is 6.57. The molecular formula is C22H24N2O4. The number of carbonyl (C=O) groups excluding carboxylic acids is 1. The van der Waals surface area contributed by atoms with Gasteiger partial charge < -0.3 is 20.3 Å². The molecule has 2 atom stereocenters. The molecule has 0 fully saturated rings. The van der Waals surface area contributed by atoms with Crippen LogP contribution in [-0.4, -0.2) is 33.9 Å². The number of benzene rings is 2. The van der Waals surface area contributed by atoms with E-state index in [2.05, 4.69) is 10.3 Å². The summed E-state index contributed by atoms with van der Waals surface area (Å²) in [6.07, 6.45) is -0.742. The zero-order valence-electron chi connectivity index (χ0n) is 15.7. The summed E-state index contributed by atoms with van der Waals surface area (Å²) in [6.45, 7) is 2.25. The van der Waals surface area contributed by atoms with Crippen LogP contribution >= 0.6 is 0 Å². The number of hydrogen-bond donors (Lipinski definition) is 3. The Bertz CT molecular complexity index is 930. The smallest absolute Gasteiger partial charge is 0.407 e. The zero-order chi connectivity index (χ0) is 19.9. The van der Waals surface area contributed by atoms with Gasteiger partial charge in [-0.15, -0.1) is 0 Å². The molecule has 28 heavy (non-hydrogen) atoms. The van der Waals surface area contributed by atoms with Gasteiger partial charge in [-0.05, 0) is 36.1 Å². The highest BCUT2D eigenvalue weighted by molar-refractivity contribution is 5.82. The van der Waals surface area contributed by atoms with Crippen molar-refractivity contribution in [2.45, 2.75) is 32.2 Å². The van der Waals surface area contributed by atoms with Gasteiger partial charge in [0.25, 0.3) is 0 Å².